The molecule has 3 aromatic carbocycles. The van der Waals surface area contributed by atoms with Crippen LogP contribution in [0.15, 0.2) is 113 Å². The van der Waals surface area contributed by atoms with Crippen LogP contribution in [0.1, 0.15) is 43.9 Å². The van der Waals surface area contributed by atoms with Gasteiger partial charge in [0, 0.05) is 28.5 Å². The first-order valence-corrected chi connectivity index (χ1v) is 14.5. The Kier molecular flexibility index (Phi) is 5.56. The summed E-state index contributed by atoms with van der Waals surface area (Å²) >= 11 is 0. The summed E-state index contributed by atoms with van der Waals surface area (Å²) in [7, 11) is 0. The molecule has 0 saturated heterocycles. The minimum absolute atomic E-state index is 0.272. The van der Waals surface area contributed by atoms with E-state index in [1.165, 1.54) is 61.7 Å². The van der Waals surface area contributed by atoms with Crippen LogP contribution < -0.4 is 15.3 Å². The fourth-order valence-electron chi connectivity index (χ4n) is 7.11. The highest BCUT2D eigenvalue weighted by Crippen LogP contribution is 2.50. The summed E-state index contributed by atoms with van der Waals surface area (Å²) in [6.45, 7) is 13.9. The van der Waals surface area contributed by atoms with Crippen LogP contribution in [-0.4, -0.2) is 12.8 Å². The van der Waals surface area contributed by atoms with Crippen LogP contribution in [0.4, 0.5) is 17.1 Å². The molecular weight excluding hydrogens is 471 g/mol. The fourth-order valence-corrected chi connectivity index (χ4v) is 7.11. The topological polar surface area (TPSA) is 6.48 Å². The van der Waals surface area contributed by atoms with Gasteiger partial charge in [-0.25, -0.2) is 0 Å². The molecule has 0 N–H and O–H groups in total. The second kappa shape index (κ2) is 8.91. The van der Waals surface area contributed by atoms with Gasteiger partial charge in [0.1, 0.15) is 0 Å². The third-order valence-corrected chi connectivity index (χ3v) is 9.31. The number of fused-ring (bicyclic) bond motifs is 4. The predicted octanol–water partition coefficient (Wildman–Crippen LogP) is 8.13. The Hall–Kier alpha value is -3.72. The largest absolute Gasteiger partial charge is 0.335 e. The number of aryl methyl sites for hydroxylation is 3. The lowest BCUT2D eigenvalue weighted by atomic mass is 9.29. The van der Waals surface area contributed by atoms with Gasteiger partial charge in [-0.1, -0.05) is 84.7 Å². The first-order valence-electron chi connectivity index (χ1n) is 14.5. The average Bonchev–Trinajstić information content (AvgIpc) is 2.91. The van der Waals surface area contributed by atoms with Crippen molar-refractivity contribution in [2.24, 2.45) is 11.8 Å². The molecule has 0 bridgehead atoms. The van der Waals surface area contributed by atoms with Crippen LogP contribution in [-0.2, 0) is 0 Å². The predicted molar refractivity (Wildman–Crippen MR) is 167 cm³/mol. The molecule has 0 amide bonds. The van der Waals surface area contributed by atoms with Crippen molar-refractivity contribution in [3.05, 3.63) is 130 Å². The van der Waals surface area contributed by atoms with Crippen LogP contribution >= 0.6 is 0 Å². The van der Waals surface area contributed by atoms with Gasteiger partial charge in [0.15, 0.2) is 0 Å². The van der Waals surface area contributed by atoms with Gasteiger partial charge in [-0.2, -0.15) is 0 Å². The van der Waals surface area contributed by atoms with Crippen molar-refractivity contribution in [1.82, 2.24) is 0 Å². The normalized spacial score (nSPS) is 23.5. The van der Waals surface area contributed by atoms with Gasteiger partial charge in [-0.15, -0.1) is 0 Å². The van der Waals surface area contributed by atoms with Crippen molar-refractivity contribution >= 4 is 29.2 Å². The lowest BCUT2D eigenvalue weighted by Crippen LogP contribution is -2.58. The fraction of sp³-hybridized carbons (Fsp3) is 0.278. The SMILES string of the molecule is CC1=CC2=C3B(C4=CC(C)C(C)C=C4N2c2ccc(C)cc2)c2cc(C)ccc2N(c2ccc(C)cc2)C3C1. The molecule has 7 rings (SSSR count). The maximum Gasteiger partial charge on any atom is 0.247 e. The third-order valence-electron chi connectivity index (χ3n) is 9.31. The Balaban J connectivity index is 1.56. The summed E-state index contributed by atoms with van der Waals surface area (Å²) in [6.07, 6.45) is 8.65. The molecular formula is C36H37BN2. The molecule has 39 heavy (non-hydrogen) atoms. The molecule has 3 unspecified atom stereocenters. The monoisotopic (exact) mass is 508 g/mol. The van der Waals surface area contributed by atoms with E-state index in [1.807, 2.05) is 0 Å². The van der Waals surface area contributed by atoms with Crippen LogP contribution in [0, 0.1) is 32.6 Å². The van der Waals surface area contributed by atoms with Crippen LogP contribution in [0.2, 0.25) is 0 Å². The lowest BCUT2D eigenvalue weighted by molar-refractivity contribution is 0.544. The van der Waals surface area contributed by atoms with Gasteiger partial charge in [-0.05, 0) is 98.8 Å². The van der Waals surface area contributed by atoms with E-state index >= 15 is 0 Å². The van der Waals surface area contributed by atoms with Gasteiger partial charge in [0.25, 0.3) is 0 Å². The van der Waals surface area contributed by atoms with E-state index in [1.54, 1.807) is 5.47 Å². The van der Waals surface area contributed by atoms with E-state index < -0.39 is 0 Å². The first-order chi connectivity index (χ1) is 18.8. The van der Waals surface area contributed by atoms with Gasteiger partial charge in [0.05, 0.1) is 6.04 Å². The van der Waals surface area contributed by atoms with Crippen LogP contribution in [0.5, 0.6) is 0 Å². The van der Waals surface area contributed by atoms with Crippen molar-refractivity contribution in [2.45, 2.75) is 54.0 Å². The Bertz CT molecular complexity index is 1600. The molecule has 0 spiro atoms. The smallest absolute Gasteiger partial charge is 0.247 e. The number of hydrogen-bond acceptors (Lipinski definition) is 2. The van der Waals surface area contributed by atoms with E-state index in [0.29, 0.717) is 11.8 Å². The van der Waals surface area contributed by atoms with Crippen molar-refractivity contribution in [1.29, 1.82) is 0 Å². The second-order valence-electron chi connectivity index (χ2n) is 12.3. The average molecular weight is 509 g/mol. The molecule has 2 aliphatic carbocycles. The minimum atomic E-state index is 0.272. The zero-order valence-electron chi connectivity index (χ0n) is 24.0. The summed E-state index contributed by atoms with van der Waals surface area (Å²) < 4.78 is 0. The van der Waals surface area contributed by atoms with Gasteiger partial charge < -0.3 is 9.80 Å². The van der Waals surface area contributed by atoms with Crippen molar-refractivity contribution < 1.29 is 0 Å². The van der Waals surface area contributed by atoms with Crippen LogP contribution in [0.3, 0.4) is 0 Å². The molecule has 2 aliphatic heterocycles. The Labute approximate surface area is 234 Å². The number of anilines is 3. The maximum atomic E-state index is 2.63. The molecule has 0 saturated carbocycles. The molecule has 3 heteroatoms. The number of rotatable bonds is 2. The summed E-state index contributed by atoms with van der Waals surface area (Å²) in [6, 6.07) is 25.6. The van der Waals surface area contributed by atoms with Crippen molar-refractivity contribution in [3.63, 3.8) is 0 Å². The van der Waals surface area contributed by atoms with E-state index in [-0.39, 0.29) is 12.8 Å². The molecule has 4 aliphatic rings. The lowest BCUT2D eigenvalue weighted by Gasteiger charge is -2.52. The molecule has 0 radical (unpaired) electrons. The minimum Gasteiger partial charge on any atom is -0.335 e. The van der Waals surface area contributed by atoms with Gasteiger partial charge in [0.2, 0.25) is 6.71 Å². The standard InChI is InChI=1S/C36H37BN2/c1-22-7-12-28(13-8-22)38-32-16-11-24(3)17-30(32)37-31-20-26(5)27(6)21-33(31)39(29-14-9-23(2)10-15-29)35-19-25(4)18-34(38)36(35)37/h7-17,19-21,26-27,34H,18H2,1-6H3. The summed E-state index contributed by atoms with van der Waals surface area (Å²) in [5.41, 5.74) is 16.4. The highest BCUT2D eigenvalue weighted by Gasteiger charge is 2.50. The van der Waals surface area contributed by atoms with Crippen LogP contribution in [0.25, 0.3) is 0 Å². The number of nitrogens with zero attached hydrogens (tertiary/aromatic N) is 2. The van der Waals surface area contributed by atoms with E-state index in [4.69, 9.17) is 0 Å². The molecule has 2 nitrogen and oxygen atoms in total. The first kappa shape index (κ1) is 24.3. The number of allylic oxidation sites excluding steroid dienone is 4. The molecule has 3 atom stereocenters. The van der Waals surface area contributed by atoms with Gasteiger partial charge in [-0.3, -0.25) is 0 Å². The molecule has 0 aromatic heterocycles. The summed E-state index contributed by atoms with van der Waals surface area (Å²) in [5.74, 6) is 1.00. The maximum absolute atomic E-state index is 2.63. The highest BCUT2D eigenvalue weighted by atomic mass is 15.2. The number of hydrogen-bond donors (Lipinski definition) is 0. The highest BCUT2D eigenvalue weighted by molar-refractivity contribution is 6.89. The van der Waals surface area contributed by atoms with E-state index in [2.05, 4.69) is 136 Å². The third kappa shape index (κ3) is 3.78. The van der Waals surface area contributed by atoms with Gasteiger partial charge >= 0.3 is 0 Å². The second-order valence-corrected chi connectivity index (χ2v) is 12.3. The van der Waals surface area contributed by atoms with Crippen molar-refractivity contribution in [3.8, 4) is 0 Å². The Morgan fingerprint density at radius 1 is 0.718 bits per heavy atom. The Morgan fingerprint density at radius 3 is 2.03 bits per heavy atom. The molecule has 2 heterocycles. The zero-order valence-corrected chi connectivity index (χ0v) is 24.0. The molecule has 194 valence electrons. The number of benzene rings is 3. The molecule has 3 aromatic rings. The van der Waals surface area contributed by atoms with Crippen molar-refractivity contribution in [2.75, 3.05) is 9.80 Å². The van der Waals surface area contributed by atoms with E-state index in [0.717, 1.165) is 6.42 Å². The van der Waals surface area contributed by atoms with E-state index in [9.17, 15) is 0 Å². The summed E-state index contributed by atoms with van der Waals surface area (Å²) in [4.78, 5) is 5.21. The quantitative estimate of drug-likeness (QED) is 0.323. The summed E-state index contributed by atoms with van der Waals surface area (Å²) in [5, 5.41) is 0. The Morgan fingerprint density at radius 2 is 1.33 bits per heavy atom. The molecule has 0 fully saturated rings. The zero-order chi connectivity index (χ0) is 27.0.